The van der Waals surface area contributed by atoms with Gasteiger partial charge in [0, 0.05) is 17.1 Å². The number of carbonyl (C=O) groups is 1. The lowest BCUT2D eigenvalue weighted by molar-refractivity contribution is 0.0884. The average molecular weight is 269 g/mol. The molecule has 2 N–H and O–H groups in total. The molecule has 1 fully saturated rings. The molecule has 0 saturated carbocycles. The Hall–Kier alpha value is -1.94. The van der Waals surface area contributed by atoms with Gasteiger partial charge >= 0.3 is 0 Å². The molecule has 1 aromatic heterocycles. The fraction of sp³-hybridized carbons (Fsp3) is 0.375. The molecule has 1 aliphatic rings. The maximum Gasteiger partial charge on any atom is 0.270 e. The van der Waals surface area contributed by atoms with Crippen molar-refractivity contribution in [2.45, 2.75) is 25.3 Å². The van der Waals surface area contributed by atoms with Crippen LogP contribution >= 0.6 is 0 Å². The topological polar surface area (TPSA) is 54.0 Å². The molecule has 0 unspecified atom stereocenters. The van der Waals surface area contributed by atoms with E-state index in [4.69, 9.17) is 0 Å². The molecule has 4 heteroatoms. The summed E-state index contributed by atoms with van der Waals surface area (Å²) in [7, 11) is 0. The highest BCUT2D eigenvalue weighted by Crippen LogP contribution is 2.20. The number of fused-ring (bicyclic) bond motifs is 1. The number of benzene rings is 1. The van der Waals surface area contributed by atoms with E-state index < -0.39 is 0 Å². The van der Waals surface area contributed by atoms with Gasteiger partial charge in [0.15, 0.2) is 0 Å². The molecular weight excluding hydrogens is 250 g/mol. The summed E-state index contributed by atoms with van der Waals surface area (Å²) in [5.74, 6) is -0.0776. The molecule has 1 aliphatic heterocycles. The minimum absolute atomic E-state index is 0.0776. The number of nitrogens with one attached hydrogen (secondary N) is 2. The van der Waals surface area contributed by atoms with E-state index in [-0.39, 0.29) is 11.4 Å². The van der Waals surface area contributed by atoms with Crippen LogP contribution in [0.5, 0.6) is 0 Å². The van der Waals surface area contributed by atoms with E-state index in [1.54, 1.807) is 6.20 Å². The number of pyridine rings is 1. The maximum atomic E-state index is 12.5. The summed E-state index contributed by atoms with van der Waals surface area (Å²) in [5, 5.41) is 8.43. The predicted octanol–water partition coefficient (Wildman–Crippen LogP) is 2.11. The predicted molar refractivity (Wildman–Crippen MR) is 79.7 cm³/mol. The highest BCUT2D eigenvalue weighted by Gasteiger charge is 2.29. The Morgan fingerprint density at radius 1 is 1.25 bits per heavy atom. The zero-order valence-electron chi connectivity index (χ0n) is 11.6. The van der Waals surface area contributed by atoms with Crippen LogP contribution in [0.1, 0.15) is 30.3 Å². The molecule has 2 aromatic rings. The van der Waals surface area contributed by atoms with Gasteiger partial charge in [-0.3, -0.25) is 9.78 Å². The second-order valence-electron chi connectivity index (χ2n) is 5.65. The first-order valence-electron chi connectivity index (χ1n) is 7.05. The molecule has 20 heavy (non-hydrogen) atoms. The van der Waals surface area contributed by atoms with Gasteiger partial charge in [-0.25, -0.2) is 0 Å². The van der Waals surface area contributed by atoms with E-state index >= 15 is 0 Å². The number of rotatable bonds is 2. The maximum absolute atomic E-state index is 12.5. The highest BCUT2D eigenvalue weighted by atomic mass is 16.2. The lowest BCUT2D eigenvalue weighted by Gasteiger charge is -2.34. The summed E-state index contributed by atoms with van der Waals surface area (Å²) in [6.07, 6.45) is 3.59. The van der Waals surface area contributed by atoms with Gasteiger partial charge in [-0.1, -0.05) is 24.3 Å². The van der Waals surface area contributed by atoms with E-state index in [9.17, 15) is 4.79 Å². The van der Waals surface area contributed by atoms with Crippen molar-refractivity contribution in [3.8, 4) is 0 Å². The van der Waals surface area contributed by atoms with E-state index in [0.717, 1.165) is 36.7 Å². The summed E-state index contributed by atoms with van der Waals surface area (Å²) >= 11 is 0. The number of carbonyl (C=O) groups excluding carboxylic acids is 1. The van der Waals surface area contributed by atoms with Crippen molar-refractivity contribution < 1.29 is 4.79 Å². The van der Waals surface area contributed by atoms with Gasteiger partial charge in [0.1, 0.15) is 5.69 Å². The summed E-state index contributed by atoms with van der Waals surface area (Å²) in [5.41, 5.74) is 0.379. The van der Waals surface area contributed by atoms with Crippen molar-refractivity contribution in [1.29, 1.82) is 0 Å². The van der Waals surface area contributed by atoms with E-state index in [0.29, 0.717) is 5.69 Å². The van der Waals surface area contributed by atoms with Gasteiger partial charge in [-0.15, -0.1) is 0 Å². The number of aromatic nitrogens is 1. The average Bonchev–Trinajstić information content (AvgIpc) is 2.47. The highest BCUT2D eigenvalue weighted by molar-refractivity contribution is 6.05. The van der Waals surface area contributed by atoms with Gasteiger partial charge in [0.25, 0.3) is 5.91 Å². The SMILES string of the molecule is CC1(NC(=O)c2nccc3ccccc23)CCNCC1. The largest absolute Gasteiger partial charge is 0.345 e. The monoisotopic (exact) mass is 269 g/mol. The smallest absolute Gasteiger partial charge is 0.270 e. The van der Waals surface area contributed by atoms with Crippen LogP contribution < -0.4 is 10.6 Å². The molecule has 0 aliphatic carbocycles. The van der Waals surface area contributed by atoms with E-state index in [1.165, 1.54) is 0 Å². The Kier molecular flexibility index (Phi) is 3.40. The molecule has 4 nitrogen and oxygen atoms in total. The van der Waals surface area contributed by atoms with Crippen LogP contribution in [0.4, 0.5) is 0 Å². The number of hydrogen-bond donors (Lipinski definition) is 2. The standard InChI is InChI=1S/C16H19N3O/c1-16(7-10-17-11-8-16)19-15(20)14-13-5-3-2-4-12(13)6-9-18-14/h2-6,9,17H,7-8,10-11H2,1H3,(H,19,20). The zero-order valence-corrected chi connectivity index (χ0v) is 11.6. The van der Waals surface area contributed by atoms with E-state index in [1.807, 2.05) is 30.3 Å². The first kappa shape index (κ1) is 13.1. The van der Waals surface area contributed by atoms with Crippen molar-refractivity contribution in [2.24, 2.45) is 0 Å². The number of hydrogen-bond acceptors (Lipinski definition) is 3. The van der Waals surface area contributed by atoms with Crippen molar-refractivity contribution in [3.63, 3.8) is 0 Å². The van der Waals surface area contributed by atoms with Crippen LogP contribution in [0, 0.1) is 0 Å². The van der Waals surface area contributed by atoms with Crippen LogP contribution in [0.2, 0.25) is 0 Å². The third-order valence-electron chi connectivity index (χ3n) is 4.01. The van der Waals surface area contributed by atoms with Gasteiger partial charge in [0.2, 0.25) is 0 Å². The third kappa shape index (κ3) is 2.51. The number of nitrogens with zero attached hydrogens (tertiary/aromatic N) is 1. The molecule has 0 atom stereocenters. The van der Waals surface area contributed by atoms with Crippen LogP contribution in [0.15, 0.2) is 36.5 Å². The van der Waals surface area contributed by atoms with Crippen LogP contribution in [-0.4, -0.2) is 29.5 Å². The lowest BCUT2D eigenvalue weighted by Crippen LogP contribution is -2.52. The molecule has 1 amide bonds. The summed E-state index contributed by atoms with van der Waals surface area (Å²) in [4.78, 5) is 16.8. The van der Waals surface area contributed by atoms with Crippen molar-refractivity contribution >= 4 is 16.7 Å². The first-order chi connectivity index (χ1) is 9.68. The van der Waals surface area contributed by atoms with Crippen LogP contribution in [-0.2, 0) is 0 Å². The Bertz CT molecular complexity index is 627. The van der Waals surface area contributed by atoms with Gasteiger partial charge in [-0.2, -0.15) is 0 Å². The fourth-order valence-electron chi connectivity index (χ4n) is 2.74. The second kappa shape index (κ2) is 5.21. The minimum Gasteiger partial charge on any atom is -0.345 e. The molecule has 0 spiro atoms. The Balaban J connectivity index is 1.89. The Morgan fingerprint density at radius 3 is 2.80 bits per heavy atom. The third-order valence-corrected chi connectivity index (χ3v) is 4.01. The summed E-state index contributed by atoms with van der Waals surface area (Å²) in [6.45, 7) is 4.00. The van der Waals surface area contributed by atoms with Gasteiger partial charge < -0.3 is 10.6 Å². The summed E-state index contributed by atoms with van der Waals surface area (Å²) in [6, 6.07) is 9.78. The second-order valence-corrected chi connectivity index (χ2v) is 5.65. The molecule has 3 rings (SSSR count). The number of piperidine rings is 1. The van der Waals surface area contributed by atoms with Gasteiger partial charge in [0.05, 0.1) is 0 Å². The zero-order chi connectivity index (χ0) is 14.0. The summed E-state index contributed by atoms with van der Waals surface area (Å²) < 4.78 is 0. The van der Waals surface area contributed by atoms with Gasteiger partial charge in [-0.05, 0) is 44.3 Å². The van der Waals surface area contributed by atoms with E-state index in [2.05, 4.69) is 22.5 Å². The first-order valence-corrected chi connectivity index (χ1v) is 7.05. The molecule has 0 radical (unpaired) electrons. The quantitative estimate of drug-likeness (QED) is 0.878. The molecule has 1 aromatic carbocycles. The van der Waals surface area contributed by atoms with Crippen LogP contribution in [0.3, 0.4) is 0 Å². The van der Waals surface area contributed by atoms with Crippen molar-refractivity contribution in [3.05, 3.63) is 42.2 Å². The lowest BCUT2D eigenvalue weighted by atomic mass is 9.90. The molecular formula is C16H19N3O. The molecule has 2 heterocycles. The molecule has 1 saturated heterocycles. The minimum atomic E-state index is -0.138. The molecule has 0 bridgehead atoms. The van der Waals surface area contributed by atoms with Crippen LogP contribution in [0.25, 0.3) is 10.8 Å². The van der Waals surface area contributed by atoms with Crippen molar-refractivity contribution in [1.82, 2.24) is 15.6 Å². The van der Waals surface area contributed by atoms with Crippen molar-refractivity contribution in [2.75, 3.05) is 13.1 Å². The molecule has 104 valence electrons. The fourth-order valence-corrected chi connectivity index (χ4v) is 2.74. The Labute approximate surface area is 118 Å². The normalized spacial score (nSPS) is 17.9. The number of amides is 1. The Morgan fingerprint density at radius 2 is 2.00 bits per heavy atom.